The van der Waals surface area contributed by atoms with E-state index in [-0.39, 0.29) is 17.7 Å². The third-order valence-corrected chi connectivity index (χ3v) is 2.53. The van der Waals surface area contributed by atoms with Gasteiger partial charge >= 0.3 is 5.97 Å². The molecule has 0 spiro atoms. The number of amides is 1. The summed E-state index contributed by atoms with van der Waals surface area (Å²) in [6.45, 7) is 11.1. The first-order valence-electron chi connectivity index (χ1n) is 5.70. The van der Waals surface area contributed by atoms with Crippen LogP contribution in [0.25, 0.3) is 0 Å². The van der Waals surface area contributed by atoms with E-state index in [0.29, 0.717) is 12.3 Å². The highest BCUT2D eigenvalue weighted by atomic mass is 16.5. The SMILES string of the molecule is C=C[C@@H](C)[C@@H](C)/C(=C/C(=O)OCC)NC(C)=O. The fraction of sp³-hybridized carbons (Fsp3) is 0.538. The van der Waals surface area contributed by atoms with E-state index in [0.717, 1.165) is 0 Å². The number of ether oxygens (including phenoxy) is 1. The van der Waals surface area contributed by atoms with Crippen molar-refractivity contribution in [3.05, 3.63) is 24.4 Å². The molecule has 4 nitrogen and oxygen atoms in total. The van der Waals surface area contributed by atoms with Gasteiger partial charge < -0.3 is 10.1 Å². The summed E-state index contributed by atoms with van der Waals surface area (Å²) in [5, 5.41) is 2.66. The molecule has 0 saturated heterocycles. The quantitative estimate of drug-likeness (QED) is 0.438. The summed E-state index contributed by atoms with van der Waals surface area (Å²) < 4.78 is 4.83. The molecule has 0 aliphatic carbocycles. The monoisotopic (exact) mass is 239 g/mol. The first kappa shape index (κ1) is 15.4. The van der Waals surface area contributed by atoms with Crippen LogP contribution in [0, 0.1) is 11.8 Å². The number of hydrogen-bond donors (Lipinski definition) is 1. The Labute approximate surface area is 103 Å². The normalized spacial score (nSPS) is 14.7. The molecule has 0 aromatic heterocycles. The maximum Gasteiger partial charge on any atom is 0.332 e. The van der Waals surface area contributed by atoms with Gasteiger partial charge in [0, 0.05) is 24.6 Å². The van der Waals surface area contributed by atoms with E-state index >= 15 is 0 Å². The summed E-state index contributed by atoms with van der Waals surface area (Å²) in [5.74, 6) is -0.494. The van der Waals surface area contributed by atoms with Gasteiger partial charge in [-0.15, -0.1) is 6.58 Å². The second-order valence-electron chi connectivity index (χ2n) is 3.92. The molecule has 0 fully saturated rings. The van der Waals surface area contributed by atoms with Crippen LogP contribution in [-0.2, 0) is 14.3 Å². The van der Waals surface area contributed by atoms with Crippen molar-refractivity contribution in [3.63, 3.8) is 0 Å². The summed E-state index contributed by atoms with van der Waals surface area (Å²) in [6.07, 6.45) is 3.11. The maximum atomic E-state index is 11.4. The molecule has 0 bridgehead atoms. The van der Waals surface area contributed by atoms with Crippen molar-refractivity contribution in [2.75, 3.05) is 6.61 Å². The average molecular weight is 239 g/mol. The van der Waals surface area contributed by atoms with E-state index in [1.54, 1.807) is 13.0 Å². The second kappa shape index (κ2) is 7.65. The van der Waals surface area contributed by atoms with E-state index < -0.39 is 5.97 Å². The molecular formula is C13H21NO3. The van der Waals surface area contributed by atoms with Gasteiger partial charge in [0.15, 0.2) is 0 Å². The molecule has 0 saturated carbocycles. The van der Waals surface area contributed by atoms with Crippen molar-refractivity contribution in [1.29, 1.82) is 0 Å². The number of nitrogens with one attached hydrogen (secondary N) is 1. The standard InChI is InChI=1S/C13H21NO3/c1-6-9(3)10(4)12(14-11(5)15)8-13(16)17-7-2/h6,8-10H,1,7H2,2-5H3,(H,14,15)/b12-8-/t9-,10-/m1/s1. The van der Waals surface area contributed by atoms with Crippen LogP contribution in [0.15, 0.2) is 24.4 Å². The summed E-state index contributed by atoms with van der Waals surface area (Å²) in [4.78, 5) is 22.5. The molecule has 0 aromatic rings. The van der Waals surface area contributed by atoms with Gasteiger partial charge in [-0.3, -0.25) is 4.79 Å². The molecule has 0 aromatic carbocycles. The molecule has 96 valence electrons. The molecule has 0 unspecified atom stereocenters. The van der Waals surface area contributed by atoms with Crippen molar-refractivity contribution < 1.29 is 14.3 Å². The fourth-order valence-corrected chi connectivity index (χ4v) is 1.28. The maximum absolute atomic E-state index is 11.4. The van der Waals surface area contributed by atoms with Gasteiger partial charge in [-0.05, 0) is 12.8 Å². The minimum absolute atomic E-state index is 0.000746. The van der Waals surface area contributed by atoms with Crippen molar-refractivity contribution in [2.45, 2.75) is 27.7 Å². The lowest BCUT2D eigenvalue weighted by Gasteiger charge is -2.20. The third-order valence-electron chi connectivity index (χ3n) is 2.53. The molecule has 1 N–H and O–H groups in total. The van der Waals surface area contributed by atoms with Gasteiger partial charge in [0.2, 0.25) is 5.91 Å². The Morgan fingerprint density at radius 1 is 1.41 bits per heavy atom. The number of carbonyl (C=O) groups is 2. The van der Waals surface area contributed by atoms with Crippen LogP contribution < -0.4 is 5.32 Å². The van der Waals surface area contributed by atoms with E-state index in [9.17, 15) is 9.59 Å². The molecule has 4 heteroatoms. The molecule has 0 heterocycles. The Morgan fingerprint density at radius 2 is 2.00 bits per heavy atom. The topological polar surface area (TPSA) is 55.4 Å². The van der Waals surface area contributed by atoms with Gasteiger partial charge in [0.1, 0.15) is 0 Å². The number of allylic oxidation sites excluding steroid dienone is 2. The number of hydrogen-bond acceptors (Lipinski definition) is 3. The fourth-order valence-electron chi connectivity index (χ4n) is 1.28. The van der Waals surface area contributed by atoms with Gasteiger partial charge in [-0.25, -0.2) is 4.79 Å². The number of rotatable bonds is 6. The Hall–Kier alpha value is -1.58. The van der Waals surface area contributed by atoms with Crippen molar-refractivity contribution >= 4 is 11.9 Å². The highest BCUT2D eigenvalue weighted by Gasteiger charge is 2.16. The van der Waals surface area contributed by atoms with E-state index in [1.165, 1.54) is 13.0 Å². The third kappa shape index (κ3) is 5.90. The first-order chi connectivity index (χ1) is 7.92. The van der Waals surface area contributed by atoms with E-state index in [1.807, 2.05) is 13.8 Å². The Morgan fingerprint density at radius 3 is 2.41 bits per heavy atom. The highest BCUT2D eigenvalue weighted by Crippen LogP contribution is 2.19. The zero-order valence-corrected chi connectivity index (χ0v) is 10.9. The predicted octanol–water partition coefficient (Wildman–Crippen LogP) is 2.03. The Balaban J connectivity index is 4.91. The Kier molecular flexibility index (Phi) is 6.94. The van der Waals surface area contributed by atoms with Crippen LogP contribution in [0.1, 0.15) is 27.7 Å². The van der Waals surface area contributed by atoms with Crippen molar-refractivity contribution in [1.82, 2.24) is 5.32 Å². The minimum atomic E-state index is -0.445. The number of carbonyl (C=O) groups excluding carboxylic acids is 2. The van der Waals surface area contributed by atoms with Gasteiger partial charge in [0.05, 0.1) is 6.61 Å². The number of esters is 1. The molecular weight excluding hydrogens is 218 g/mol. The van der Waals surface area contributed by atoms with Crippen LogP contribution in [0.3, 0.4) is 0 Å². The average Bonchev–Trinajstić information content (AvgIpc) is 2.25. The summed E-state index contributed by atoms with van der Waals surface area (Å²) >= 11 is 0. The van der Waals surface area contributed by atoms with Crippen LogP contribution in [-0.4, -0.2) is 18.5 Å². The first-order valence-corrected chi connectivity index (χ1v) is 5.70. The molecule has 0 rings (SSSR count). The predicted molar refractivity (Wildman–Crippen MR) is 67.1 cm³/mol. The van der Waals surface area contributed by atoms with Crippen molar-refractivity contribution in [3.8, 4) is 0 Å². The molecule has 1 amide bonds. The summed E-state index contributed by atoms with van der Waals surface area (Å²) in [5.41, 5.74) is 0.559. The molecule has 2 atom stereocenters. The molecule has 0 aliphatic rings. The van der Waals surface area contributed by atoms with E-state index in [4.69, 9.17) is 4.74 Å². The lowest BCUT2D eigenvalue weighted by molar-refractivity contribution is -0.137. The smallest absolute Gasteiger partial charge is 0.332 e. The second-order valence-corrected chi connectivity index (χ2v) is 3.92. The molecule has 0 aliphatic heterocycles. The van der Waals surface area contributed by atoms with Crippen LogP contribution in [0.5, 0.6) is 0 Å². The summed E-state index contributed by atoms with van der Waals surface area (Å²) in [6, 6.07) is 0. The largest absolute Gasteiger partial charge is 0.463 e. The van der Waals surface area contributed by atoms with Gasteiger partial charge in [-0.2, -0.15) is 0 Å². The molecule has 17 heavy (non-hydrogen) atoms. The lowest BCUT2D eigenvalue weighted by Crippen LogP contribution is -2.27. The van der Waals surface area contributed by atoms with E-state index in [2.05, 4.69) is 11.9 Å². The minimum Gasteiger partial charge on any atom is -0.463 e. The molecule has 0 radical (unpaired) electrons. The van der Waals surface area contributed by atoms with Crippen LogP contribution in [0.2, 0.25) is 0 Å². The van der Waals surface area contributed by atoms with Gasteiger partial charge in [-0.1, -0.05) is 19.9 Å². The lowest BCUT2D eigenvalue weighted by atomic mass is 9.92. The highest BCUT2D eigenvalue weighted by molar-refractivity contribution is 5.84. The summed E-state index contributed by atoms with van der Waals surface area (Å²) in [7, 11) is 0. The van der Waals surface area contributed by atoms with Gasteiger partial charge in [0.25, 0.3) is 0 Å². The zero-order valence-electron chi connectivity index (χ0n) is 10.9. The van der Waals surface area contributed by atoms with Crippen LogP contribution in [0.4, 0.5) is 0 Å². The Bertz CT molecular complexity index is 321. The zero-order chi connectivity index (χ0) is 13.4. The van der Waals surface area contributed by atoms with Crippen LogP contribution >= 0.6 is 0 Å². The van der Waals surface area contributed by atoms with Crippen molar-refractivity contribution in [2.24, 2.45) is 11.8 Å².